The van der Waals surface area contributed by atoms with Crippen LogP contribution in [0.4, 0.5) is 10.5 Å². The van der Waals surface area contributed by atoms with E-state index < -0.39 is 40.5 Å². The molecule has 3 atom stereocenters. The Morgan fingerprint density at radius 2 is 1.93 bits per heavy atom. The molecule has 3 N–H and O–H groups in total. The van der Waals surface area contributed by atoms with Crippen LogP contribution < -0.4 is 16.0 Å². The Kier molecular flexibility index (Phi) is 6.44. The molecule has 5 rings (SSSR count). The van der Waals surface area contributed by atoms with E-state index in [1.165, 1.54) is 6.26 Å². The fourth-order valence-electron chi connectivity index (χ4n) is 5.00. The minimum atomic E-state index is -1.35. The summed E-state index contributed by atoms with van der Waals surface area (Å²) >= 11 is 0. The lowest BCUT2D eigenvalue weighted by Gasteiger charge is -2.31. The standard InChI is InChI=1S/C29H32N6O6/c1-27(2,3)20-24-34-19(23-31-15(12-30)13-39-23)21(40-24)29(7)16-10-14(8-9-17(16)32-25(29)37)11-18(22(36)35-20)33-26(38)41-28(4,5)6/h8-10,13,18,20H,11H2,1-7H3,(H,32,37)(H,33,38)(H,35,36)/t18-,20+,29-/m0/s1. The first-order chi connectivity index (χ1) is 19.1. The Labute approximate surface area is 236 Å². The van der Waals surface area contributed by atoms with Crippen molar-refractivity contribution in [2.75, 3.05) is 5.32 Å². The number of anilines is 1. The van der Waals surface area contributed by atoms with E-state index in [1.807, 2.05) is 26.8 Å². The number of carbonyl (C=O) groups is 3. The number of nitrogens with zero attached hydrogens (tertiary/aromatic N) is 3. The van der Waals surface area contributed by atoms with E-state index in [2.05, 4.69) is 20.9 Å². The number of fused-ring (bicyclic) bond motifs is 4. The molecule has 0 spiro atoms. The molecule has 0 saturated carbocycles. The van der Waals surface area contributed by atoms with Gasteiger partial charge in [0.25, 0.3) is 0 Å². The molecule has 3 amide bonds. The van der Waals surface area contributed by atoms with E-state index in [9.17, 15) is 19.6 Å². The number of hydrogen-bond acceptors (Lipinski definition) is 9. The molecule has 2 aromatic heterocycles. The highest BCUT2D eigenvalue weighted by Gasteiger charge is 2.51. The van der Waals surface area contributed by atoms with Crippen LogP contribution in [0.2, 0.25) is 0 Å². The summed E-state index contributed by atoms with van der Waals surface area (Å²) < 4.78 is 17.4. The third-order valence-electron chi connectivity index (χ3n) is 7.09. The smallest absolute Gasteiger partial charge is 0.408 e. The Morgan fingerprint density at radius 1 is 1.20 bits per heavy atom. The number of carbonyl (C=O) groups excluding carboxylic acids is 3. The normalized spacial score (nSPS) is 22.1. The summed E-state index contributed by atoms with van der Waals surface area (Å²) in [6.45, 7) is 12.6. The Bertz CT molecular complexity index is 1600. The molecular formula is C29H32N6O6. The predicted molar refractivity (Wildman–Crippen MR) is 145 cm³/mol. The summed E-state index contributed by atoms with van der Waals surface area (Å²) in [5.74, 6) is -0.540. The fraction of sp³-hybridized carbons (Fsp3) is 0.448. The minimum Gasteiger partial charge on any atom is -0.444 e. The number of rotatable bonds is 2. The lowest BCUT2D eigenvalue weighted by Crippen LogP contribution is -2.51. The SMILES string of the molecule is CC(C)(C)OC(=O)N[C@H]1Cc2ccc3c(c2)[C@](C)(C(=O)N3)c2oc(nc2-c2nc(C#N)co2)[C@H](C(C)(C)C)NC1=O. The zero-order valence-corrected chi connectivity index (χ0v) is 24.0. The van der Waals surface area contributed by atoms with Crippen LogP contribution in [-0.4, -0.2) is 39.5 Å². The van der Waals surface area contributed by atoms with E-state index in [4.69, 9.17) is 18.6 Å². The highest BCUT2D eigenvalue weighted by molar-refractivity contribution is 6.08. The summed E-state index contributed by atoms with van der Waals surface area (Å²) in [6.07, 6.45) is 0.586. The van der Waals surface area contributed by atoms with E-state index in [0.29, 0.717) is 16.8 Å². The van der Waals surface area contributed by atoms with Gasteiger partial charge in [-0.15, -0.1) is 0 Å². The molecule has 12 heteroatoms. The summed E-state index contributed by atoms with van der Waals surface area (Å²) in [4.78, 5) is 49.0. The highest BCUT2D eigenvalue weighted by Crippen LogP contribution is 2.48. The van der Waals surface area contributed by atoms with Crippen molar-refractivity contribution in [2.45, 2.75) is 78.0 Å². The highest BCUT2D eigenvalue weighted by atomic mass is 16.6. The second-order valence-electron chi connectivity index (χ2n) is 12.5. The van der Waals surface area contributed by atoms with Crippen molar-refractivity contribution in [1.82, 2.24) is 20.6 Å². The molecule has 214 valence electrons. The molecule has 1 aromatic carbocycles. The summed E-state index contributed by atoms with van der Waals surface area (Å²) in [5, 5.41) is 17.9. The maximum atomic E-state index is 13.8. The van der Waals surface area contributed by atoms with Gasteiger partial charge in [0.2, 0.25) is 23.6 Å². The summed E-state index contributed by atoms with van der Waals surface area (Å²) in [5.41, 5.74) is -0.703. The molecule has 0 aliphatic carbocycles. The Morgan fingerprint density at radius 3 is 2.56 bits per heavy atom. The molecule has 4 heterocycles. The third-order valence-corrected chi connectivity index (χ3v) is 7.09. The molecule has 0 unspecified atom stereocenters. The van der Waals surface area contributed by atoms with Crippen LogP contribution in [0.25, 0.3) is 11.6 Å². The van der Waals surface area contributed by atoms with E-state index in [1.54, 1.807) is 45.9 Å². The fourth-order valence-corrected chi connectivity index (χ4v) is 5.00. The van der Waals surface area contributed by atoms with Gasteiger partial charge in [-0.3, -0.25) is 9.59 Å². The van der Waals surface area contributed by atoms with Gasteiger partial charge in [-0.05, 0) is 50.3 Å². The summed E-state index contributed by atoms with van der Waals surface area (Å²) in [6, 6.07) is 5.46. The third kappa shape index (κ3) is 5.03. The number of amides is 3. The maximum absolute atomic E-state index is 13.8. The second-order valence-corrected chi connectivity index (χ2v) is 12.5. The molecule has 4 bridgehead atoms. The molecular weight excluding hydrogens is 528 g/mol. The van der Waals surface area contributed by atoms with Crippen molar-refractivity contribution < 1.29 is 28.0 Å². The molecule has 0 radical (unpaired) electrons. The topological polar surface area (TPSA) is 172 Å². The van der Waals surface area contributed by atoms with Crippen LogP contribution in [0.3, 0.4) is 0 Å². The van der Waals surface area contributed by atoms with Crippen molar-refractivity contribution in [1.29, 1.82) is 5.26 Å². The average Bonchev–Trinajstić information content (AvgIpc) is 3.57. The van der Waals surface area contributed by atoms with Gasteiger partial charge in [0.1, 0.15) is 35.4 Å². The Balaban J connectivity index is 1.71. The number of benzene rings is 1. The number of nitriles is 1. The first kappa shape index (κ1) is 27.9. The zero-order valence-electron chi connectivity index (χ0n) is 24.0. The lowest BCUT2D eigenvalue weighted by molar-refractivity contribution is -0.125. The zero-order chi connectivity index (χ0) is 29.9. The first-order valence-corrected chi connectivity index (χ1v) is 13.2. The van der Waals surface area contributed by atoms with Crippen LogP contribution in [0, 0.1) is 16.7 Å². The van der Waals surface area contributed by atoms with Gasteiger partial charge >= 0.3 is 6.09 Å². The average molecular weight is 561 g/mol. The van der Waals surface area contributed by atoms with Crippen LogP contribution in [0.15, 0.2) is 33.3 Å². The molecule has 2 aliphatic heterocycles. The molecule has 41 heavy (non-hydrogen) atoms. The van der Waals surface area contributed by atoms with Crippen molar-refractivity contribution >= 4 is 23.6 Å². The van der Waals surface area contributed by atoms with Gasteiger partial charge in [0.05, 0.1) is 0 Å². The van der Waals surface area contributed by atoms with Gasteiger partial charge in [0.15, 0.2) is 17.1 Å². The quantitative estimate of drug-likeness (QED) is 0.417. The second kappa shape index (κ2) is 9.47. The molecule has 3 aromatic rings. The maximum Gasteiger partial charge on any atom is 0.408 e. The summed E-state index contributed by atoms with van der Waals surface area (Å²) in [7, 11) is 0. The van der Waals surface area contributed by atoms with Crippen molar-refractivity contribution in [3.8, 4) is 17.7 Å². The van der Waals surface area contributed by atoms with Crippen LogP contribution in [0.1, 0.15) is 83.0 Å². The van der Waals surface area contributed by atoms with E-state index in [0.717, 1.165) is 0 Å². The number of ether oxygens (including phenoxy) is 1. The largest absolute Gasteiger partial charge is 0.444 e. The van der Waals surface area contributed by atoms with Crippen molar-refractivity contribution in [2.24, 2.45) is 5.41 Å². The number of hydrogen-bond donors (Lipinski definition) is 3. The van der Waals surface area contributed by atoms with Gasteiger partial charge in [0, 0.05) is 12.1 Å². The first-order valence-electron chi connectivity index (χ1n) is 13.2. The monoisotopic (exact) mass is 560 g/mol. The lowest BCUT2D eigenvalue weighted by atomic mass is 9.79. The number of nitrogens with one attached hydrogen (secondary N) is 3. The minimum absolute atomic E-state index is 0.00325. The van der Waals surface area contributed by atoms with Crippen LogP contribution >= 0.6 is 0 Å². The van der Waals surface area contributed by atoms with Crippen LogP contribution in [0.5, 0.6) is 0 Å². The predicted octanol–water partition coefficient (Wildman–Crippen LogP) is 4.11. The van der Waals surface area contributed by atoms with Crippen molar-refractivity contribution in [3.05, 3.63) is 52.9 Å². The van der Waals surface area contributed by atoms with Crippen LogP contribution in [-0.2, 0) is 26.2 Å². The number of oxazole rings is 2. The van der Waals surface area contributed by atoms with Crippen molar-refractivity contribution in [3.63, 3.8) is 0 Å². The Hall–Kier alpha value is -4.66. The molecule has 0 fully saturated rings. The van der Waals surface area contributed by atoms with Gasteiger partial charge < -0.3 is 29.5 Å². The number of aromatic nitrogens is 2. The molecule has 12 nitrogen and oxygen atoms in total. The van der Waals surface area contributed by atoms with Gasteiger partial charge in [-0.1, -0.05) is 32.9 Å². The van der Waals surface area contributed by atoms with E-state index in [-0.39, 0.29) is 41.3 Å². The van der Waals surface area contributed by atoms with Gasteiger partial charge in [-0.25, -0.2) is 9.78 Å². The van der Waals surface area contributed by atoms with E-state index >= 15 is 0 Å². The number of alkyl carbamates (subject to hydrolysis) is 1. The van der Waals surface area contributed by atoms with Gasteiger partial charge in [-0.2, -0.15) is 10.2 Å². The molecule has 0 saturated heterocycles. The molecule has 2 aliphatic rings.